The number of hydrazone groups is 1. The number of rotatable bonds is 3. The van der Waals surface area contributed by atoms with Crippen molar-refractivity contribution >= 4 is 40.8 Å². The molecule has 0 fully saturated rings. The van der Waals surface area contributed by atoms with Crippen molar-refractivity contribution in [3.63, 3.8) is 0 Å². The lowest BCUT2D eigenvalue weighted by molar-refractivity contribution is 0.475. The summed E-state index contributed by atoms with van der Waals surface area (Å²) in [5, 5.41) is 17.0. The molecule has 0 aliphatic rings. The molecule has 4 nitrogen and oxygen atoms in total. The van der Waals surface area contributed by atoms with Crippen LogP contribution in [0.15, 0.2) is 53.6 Å². The Hall–Kier alpha value is -2.11. The summed E-state index contributed by atoms with van der Waals surface area (Å²) in [5.74, 6) is 0.214. The lowest BCUT2D eigenvalue weighted by Gasteiger charge is -2.08. The SMILES string of the molecule is Oc1ccc(/C=N/NC(=S)Nc2ccccc2Cl)cc1. The highest BCUT2D eigenvalue weighted by Crippen LogP contribution is 2.20. The van der Waals surface area contributed by atoms with Crippen LogP contribution in [0.3, 0.4) is 0 Å². The summed E-state index contributed by atoms with van der Waals surface area (Å²) in [4.78, 5) is 0. The molecule has 0 spiro atoms. The minimum Gasteiger partial charge on any atom is -0.508 e. The standard InChI is InChI=1S/C14H12ClN3OS/c15-12-3-1-2-4-13(12)17-14(20)18-16-9-10-5-7-11(19)8-6-10/h1-9,19H,(H2,17,18,20)/b16-9+. The minimum atomic E-state index is 0.214. The third-order valence-electron chi connectivity index (χ3n) is 2.39. The summed E-state index contributed by atoms with van der Waals surface area (Å²) >= 11 is 11.1. The van der Waals surface area contributed by atoms with Gasteiger partial charge in [-0.2, -0.15) is 5.10 Å². The van der Waals surface area contributed by atoms with Gasteiger partial charge in [0.25, 0.3) is 0 Å². The van der Waals surface area contributed by atoms with E-state index in [0.717, 1.165) is 5.56 Å². The molecule has 0 radical (unpaired) electrons. The molecule has 0 aromatic heterocycles. The zero-order valence-electron chi connectivity index (χ0n) is 10.4. The molecule has 0 aliphatic carbocycles. The van der Waals surface area contributed by atoms with Gasteiger partial charge in [-0.1, -0.05) is 23.7 Å². The smallest absolute Gasteiger partial charge is 0.191 e. The molecular formula is C14H12ClN3OS. The van der Waals surface area contributed by atoms with E-state index in [2.05, 4.69) is 15.8 Å². The number of phenols is 1. The van der Waals surface area contributed by atoms with Gasteiger partial charge in [0.2, 0.25) is 0 Å². The number of anilines is 1. The van der Waals surface area contributed by atoms with Gasteiger partial charge in [-0.3, -0.25) is 5.43 Å². The Morgan fingerprint density at radius 2 is 1.85 bits per heavy atom. The van der Waals surface area contributed by atoms with E-state index in [1.165, 1.54) is 0 Å². The van der Waals surface area contributed by atoms with Crippen molar-refractivity contribution in [2.24, 2.45) is 5.10 Å². The van der Waals surface area contributed by atoms with Crippen LogP contribution in [0.4, 0.5) is 5.69 Å². The summed E-state index contributed by atoms with van der Waals surface area (Å²) in [6, 6.07) is 13.9. The fourth-order valence-electron chi connectivity index (χ4n) is 1.44. The van der Waals surface area contributed by atoms with Gasteiger partial charge in [0, 0.05) is 0 Å². The molecule has 0 bridgehead atoms. The summed E-state index contributed by atoms with van der Waals surface area (Å²) in [6.45, 7) is 0. The molecular weight excluding hydrogens is 294 g/mol. The quantitative estimate of drug-likeness (QED) is 0.462. The molecule has 3 N–H and O–H groups in total. The zero-order valence-corrected chi connectivity index (χ0v) is 11.9. The van der Waals surface area contributed by atoms with Gasteiger partial charge in [-0.15, -0.1) is 0 Å². The fourth-order valence-corrected chi connectivity index (χ4v) is 1.78. The molecule has 20 heavy (non-hydrogen) atoms. The van der Waals surface area contributed by atoms with Crippen LogP contribution >= 0.6 is 23.8 Å². The predicted molar refractivity (Wildman–Crippen MR) is 86.5 cm³/mol. The Kier molecular flexibility index (Phi) is 4.92. The van der Waals surface area contributed by atoms with Crippen LogP contribution in [-0.2, 0) is 0 Å². The third-order valence-corrected chi connectivity index (χ3v) is 2.92. The van der Waals surface area contributed by atoms with E-state index in [1.807, 2.05) is 18.2 Å². The highest BCUT2D eigenvalue weighted by Gasteiger charge is 2.00. The Bertz CT molecular complexity index is 629. The number of halogens is 1. The van der Waals surface area contributed by atoms with Gasteiger partial charge in [0.05, 0.1) is 16.9 Å². The zero-order chi connectivity index (χ0) is 14.4. The lowest BCUT2D eigenvalue weighted by Crippen LogP contribution is -2.23. The Morgan fingerprint density at radius 1 is 1.15 bits per heavy atom. The summed E-state index contributed by atoms with van der Waals surface area (Å²) < 4.78 is 0. The maximum absolute atomic E-state index is 9.16. The van der Waals surface area contributed by atoms with E-state index in [0.29, 0.717) is 15.8 Å². The Balaban J connectivity index is 1.89. The average molecular weight is 306 g/mol. The van der Waals surface area contributed by atoms with E-state index in [4.69, 9.17) is 28.9 Å². The van der Waals surface area contributed by atoms with Crippen LogP contribution in [0.2, 0.25) is 5.02 Å². The van der Waals surface area contributed by atoms with E-state index in [1.54, 1.807) is 36.5 Å². The van der Waals surface area contributed by atoms with Crippen molar-refractivity contribution in [2.45, 2.75) is 0 Å². The van der Waals surface area contributed by atoms with Crippen molar-refractivity contribution in [1.82, 2.24) is 5.43 Å². The summed E-state index contributed by atoms with van der Waals surface area (Å²) in [5.41, 5.74) is 4.25. The fraction of sp³-hybridized carbons (Fsp3) is 0. The molecule has 2 aromatic carbocycles. The van der Waals surface area contributed by atoms with Gasteiger partial charge in [0.1, 0.15) is 5.75 Å². The van der Waals surface area contributed by atoms with Crippen molar-refractivity contribution in [1.29, 1.82) is 0 Å². The minimum absolute atomic E-state index is 0.214. The summed E-state index contributed by atoms with van der Waals surface area (Å²) in [6.07, 6.45) is 1.60. The highest BCUT2D eigenvalue weighted by molar-refractivity contribution is 7.80. The first kappa shape index (κ1) is 14.3. The van der Waals surface area contributed by atoms with Gasteiger partial charge in [-0.25, -0.2) is 0 Å². The Labute approximate surface area is 127 Å². The monoisotopic (exact) mass is 305 g/mol. The molecule has 0 amide bonds. The predicted octanol–water partition coefficient (Wildman–Crippen LogP) is 3.37. The molecule has 0 saturated heterocycles. The van der Waals surface area contributed by atoms with Crippen LogP contribution in [-0.4, -0.2) is 16.4 Å². The molecule has 0 saturated carbocycles. The number of nitrogens with one attached hydrogen (secondary N) is 2. The van der Waals surface area contributed by atoms with Gasteiger partial charge >= 0.3 is 0 Å². The lowest BCUT2D eigenvalue weighted by atomic mass is 10.2. The Morgan fingerprint density at radius 3 is 2.55 bits per heavy atom. The summed E-state index contributed by atoms with van der Waals surface area (Å²) in [7, 11) is 0. The van der Waals surface area contributed by atoms with Crippen molar-refractivity contribution in [3.05, 3.63) is 59.1 Å². The largest absolute Gasteiger partial charge is 0.508 e. The number of nitrogens with zero attached hydrogens (tertiary/aromatic N) is 1. The number of hydrogen-bond donors (Lipinski definition) is 3. The number of phenolic OH excluding ortho intramolecular Hbond substituents is 1. The van der Waals surface area contributed by atoms with E-state index in [9.17, 15) is 0 Å². The molecule has 0 aliphatic heterocycles. The first-order valence-electron chi connectivity index (χ1n) is 5.79. The van der Waals surface area contributed by atoms with Crippen molar-refractivity contribution < 1.29 is 5.11 Å². The van der Waals surface area contributed by atoms with Crippen LogP contribution in [0, 0.1) is 0 Å². The van der Waals surface area contributed by atoms with Crippen LogP contribution in [0.5, 0.6) is 5.75 Å². The van der Waals surface area contributed by atoms with Crippen LogP contribution in [0.1, 0.15) is 5.56 Å². The molecule has 6 heteroatoms. The molecule has 0 atom stereocenters. The number of aromatic hydroxyl groups is 1. The van der Waals surface area contributed by atoms with Crippen molar-refractivity contribution in [3.8, 4) is 5.75 Å². The number of thiocarbonyl (C=S) groups is 1. The first-order valence-corrected chi connectivity index (χ1v) is 6.57. The van der Waals surface area contributed by atoms with Crippen LogP contribution in [0.25, 0.3) is 0 Å². The second kappa shape index (κ2) is 6.88. The topological polar surface area (TPSA) is 56.7 Å². The van der Waals surface area contributed by atoms with E-state index in [-0.39, 0.29) is 5.75 Å². The van der Waals surface area contributed by atoms with Gasteiger partial charge in [-0.05, 0) is 54.2 Å². The molecule has 2 rings (SSSR count). The second-order valence-electron chi connectivity index (χ2n) is 3.90. The first-order chi connectivity index (χ1) is 9.65. The number of hydrogen-bond acceptors (Lipinski definition) is 3. The molecule has 2 aromatic rings. The molecule has 102 valence electrons. The number of benzene rings is 2. The third kappa shape index (κ3) is 4.22. The molecule has 0 unspecified atom stereocenters. The van der Waals surface area contributed by atoms with Crippen molar-refractivity contribution in [2.75, 3.05) is 5.32 Å². The highest BCUT2D eigenvalue weighted by atomic mass is 35.5. The van der Waals surface area contributed by atoms with Gasteiger partial charge < -0.3 is 10.4 Å². The maximum atomic E-state index is 9.16. The van der Waals surface area contributed by atoms with Crippen LogP contribution < -0.4 is 10.7 Å². The normalized spacial score (nSPS) is 10.4. The van der Waals surface area contributed by atoms with E-state index >= 15 is 0 Å². The maximum Gasteiger partial charge on any atom is 0.191 e. The average Bonchev–Trinajstić information content (AvgIpc) is 2.44. The van der Waals surface area contributed by atoms with Gasteiger partial charge in [0.15, 0.2) is 5.11 Å². The molecule has 0 heterocycles. The van der Waals surface area contributed by atoms with E-state index < -0.39 is 0 Å². The number of para-hydroxylation sites is 1. The second-order valence-corrected chi connectivity index (χ2v) is 4.71.